The highest BCUT2D eigenvalue weighted by Crippen LogP contribution is 2.40. The molecule has 118 valence electrons. The van der Waals surface area contributed by atoms with Gasteiger partial charge in [-0.05, 0) is 48.4 Å². The van der Waals surface area contributed by atoms with Crippen LogP contribution in [-0.2, 0) is 16.4 Å². The first kappa shape index (κ1) is 16.1. The number of aryl methyl sites for hydroxylation is 1. The van der Waals surface area contributed by atoms with Gasteiger partial charge < -0.3 is 9.47 Å². The number of benzene rings is 1. The lowest BCUT2D eigenvalue weighted by Crippen LogP contribution is -2.29. The van der Waals surface area contributed by atoms with E-state index in [4.69, 9.17) is 9.47 Å². The Bertz CT molecular complexity index is 598. The molecule has 0 heterocycles. The second-order valence-corrected chi connectivity index (χ2v) is 7.24. The van der Waals surface area contributed by atoms with Crippen LogP contribution in [0.15, 0.2) is 12.1 Å². The summed E-state index contributed by atoms with van der Waals surface area (Å²) >= 11 is 0. The Kier molecular flexibility index (Phi) is 5.11. The third-order valence-electron chi connectivity index (χ3n) is 3.87. The molecule has 6 heteroatoms. The van der Waals surface area contributed by atoms with Gasteiger partial charge in [-0.1, -0.05) is 6.92 Å². The van der Waals surface area contributed by atoms with Crippen molar-refractivity contribution in [2.75, 3.05) is 26.5 Å². The number of hydrogen-bond acceptors (Lipinski definition) is 4. The number of hydrogen-bond donors (Lipinski definition) is 1. The van der Waals surface area contributed by atoms with Gasteiger partial charge in [0.15, 0.2) is 11.5 Å². The first-order valence-corrected chi connectivity index (χ1v) is 8.88. The summed E-state index contributed by atoms with van der Waals surface area (Å²) in [5.41, 5.74) is 2.37. The average molecular weight is 313 g/mol. The SMILES string of the molecule is CCCS(=O)(=O)NCC1CCc2cc(OC)c(OC)cc21. The quantitative estimate of drug-likeness (QED) is 0.837. The highest BCUT2D eigenvalue weighted by Gasteiger charge is 2.26. The maximum atomic E-state index is 11.8. The smallest absolute Gasteiger partial charge is 0.211 e. The van der Waals surface area contributed by atoms with Gasteiger partial charge in [0.05, 0.1) is 20.0 Å². The number of ether oxygens (including phenoxy) is 2. The molecule has 0 bridgehead atoms. The summed E-state index contributed by atoms with van der Waals surface area (Å²) in [5.74, 6) is 1.80. The molecule has 2 rings (SSSR count). The predicted octanol–water partition coefficient (Wildman–Crippen LogP) is 2.06. The van der Waals surface area contributed by atoms with Crippen molar-refractivity contribution < 1.29 is 17.9 Å². The van der Waals surface area contributed by atoms with Crippen LogP contribution in [-0.4, -0.2) is 34.9 Å². The zero-order chi connectivity index (χ0) is 15.5. The van der Waals surface area contributed by atoms with Crippen molar-refractivity contribution in [2.24, 2.45) is 0 Å². The molecule has 0 radical (unpaired) electrons. The van der Waals surface area contributed by atoms with E-state index in [2.05, 4.69) is 4.72 Å². The lowest BCUT2D eigenvalue weighted by atomic mass is 10.0. The van der Waals surface area contributed by atoms with Crippen LogP contribution in [0.25, 0.3) is 0 Å². The van der Waals surface area contributed by atoms with Gasteiger partial charge in [0.25, 0.3) is 0 Å². The fourth-order valence-corrected chi connectivity index (χ4v) is 3.94. The topological polar surface area (TPSA) is 64.6 Å². The van der Waals surface area contributed by atoms with Crippen LogP contribution in [0.5, 0.6) is 11.5 Å². The molecule has 1 atom stereocenters. The van der Waals surface area contributed by atoms with E-state index in [9.17, 15) is 8.42 Å². The molecule has 1 aliphatic rings. The molecule has 1 aromatic rings. The lowest BCUT2D eigenvalue weighted by Gasteiger charge is -2.15. The minimum atomic E-state index is -3.16. The normalized spacial score (nSPS) is 17.6. The predicted molar refractivity (Wildman–Crippen MR) is 82.7 cm³/mol. The van der Waals surface area contributed by atoms with Gasteiger partial charge in [0, 0.05) is 6.54 Å². The Morgan fingerprint density at radius 1 is 1.24 bits per heavy atom. The molecule has 0 fully saturated rings. The van der Waals surface area contributed by atoms with E-state index in [0.29, 0.717) is 18.7 Å². The van der Waals surface area contributed by atoms with E-state index < -0.39 is 10.0 Å². The van der Waals surface area contributed by atoms with Crippen molar-refractivity contribution in [3.63, 3.8) is 0 Å². The molecule has 5 nitrogen and oxygen atoms in total. The molecular formula is C15H23NO4S. The lowest BCUT2D eigenvalue weighted by molar-refractivity contribution is 0.354. The van der Waals surface area contributed by atoms with Crippen LogP contribution in [0.3, 0.4) is 0 Å². The minimum Gasteiger partial charge on any atom is -0.493 e. The first-order chi connectivity index (χ1) is 10.0. The molecule has 21 heavy (non-hydrogen) atoms. The molecule has 1 N–H and O–H groups in total. The molecule has 1 aliphatic carbocycles. The van der Waals surface area contributed by atoms with Crippen molar-refractivity contribution in [2.45, 2.75) is 32.1 Å². The number of rotatable bonds is 7. The Balaban J connectivity index is 2.14. The van der Waals surface area contributed by atoms with Crippen LogP contribution >= 0.6 is 0 Å². The molecule has 0 amide bonds. The van der Waals surface area contributed by atoms with E-state index >= 15 is 0 Å². The zero-order valence-electron chi connectivity index (χ0n) is 12.8. The Morgan fingerprint density at radius 2 is 1.90 bits per heavy atom. The molecule has 0 saturated carbocycles. The second kappa shape index (κ2) is 6.66. The monoisotopic (exact) mass is 313 g/mol. The van der Waals surface area contributed by atoms with Crippen LogP contribution < -0.4 is 14.2 Å². The third kappa shape index (κ3) is 3.68. The van der Waals surface area contributed by atoms with Gasteiger partial charge in [0.1, 0.15) is 0 Å². The molecule has 0 saturated heterocycles. The molecular weight excluding hydrogens is 290 g/mol. The van der Waals surface area contributed by atoms with E-state index in [-0.39, 0.29) is 11.7 Å². The van der Waals surface area contributed by atoms with Gasteiger partial charge in [0.2, 0.25) is 10.0 Å². The van der Waals surface area contributed by atoms with Gasteiger partial charge in [-0.3, -0.25) is 0 Å². The van der Waals surface area contributed by atoms with Gasteiger partial charge in [-0.2, -0.15) is 0 Å². The van der Waals surface area contributed by atoms with Crippen LogP contribution in [0.2, 0.25) is 0 Å². The number of fused-ring (bicyclic) bond motifs is 1. The Hall–Kier alpha value is -1.27. The van der Waals surface area contributed by atoms with E-state index in [0.717, 1.165) is 24.2 Å². The molecule has 0 aromatic heterocycles. The van der Waals surface area contributed by atoms with Crippen molar-refractivity contribution in [1.82, 2.24) is 4.72 Å². The molecule has 0 spiro atoms. The largest absolute Gasteiger partial charge is 0.493 e. The highest BCUT2D eigenvalue weighted by molar-refractivity contribution is 7.89. The Labute approximate surface area is 126 Å². The average Bonchev–Trinajstić information content (AvgIpc) is 2.85. The highest BCUT2D eigenvalue weighted by atomic mass is 32.2. The maximum Gasteiger partial charge on any atom is 0.211 e. The van der Waals surface area contributed by atoms with Crippen LogP contribution in [0.4, 0.5) is 0 Å². The standard InChI is InChI=1S/C15H23NO4S/c1-4-7-21(17,18)16-10-12-6-5-11-8-14(19-2)15(20-3)9-13(11)12/h8-9,12,16H,4-7,10H2,1-3H3. The van der Waals surface area contributed by atoms with Crippen LogP contribution in [0, 0.1) is 0 Å². The summed E-state index contributed by atoms with van der Waals surface area (Å²) < 4.78 is 36.9. The fraction of sp³-hybridized carbons (Fsp3) is 0.600. The zero-order valence-corrected chi connectivity index (χ0v) is 13.6. The van der Waals surface area contributed by atoms with Gasteiger partial charge >= 0.3 is 0 Å². The molecule has 0 aliphatic heterocycles. The first-order valence-electron chi connectivity index (χ1n) is 7.22. The molecule has 1 unspecified atom stereocenters. The fourth-order valence-electron chi connectivity index (χ4n) is 2.80. The van der Waals surface area contributed by atoms with E-state index in [1.807, 2.05) is 19.1 Å². The molecule has 1 aromatic carbocycles. The van der Waals surface area contributed by atoms with Crippen molar-refractivity contribution >= 4 is 10.0 Å². The number of nitrogens with one attached hydrogen (secondary N) is 1. The second-order valence-electron chi connectivity index (χ2n) is 5.31. The van der Waals surface area contributed by atoms with Gasteiger partial charge in [-0.15, -0.1) is 0 Å². The summed E-state index contributed by atoms with van der Waals surface area (Å²) in [5, 5.41) is 0. The number of methoxy groups -OCH3 is 2. The summed E-state index contributed by atoms with van der Waals surface area (Å²) in [6.45, 7) is 2.31. The minimum absolute atomic E-state index is 0.179. The third-order valence-corrected chi connectivity index (χ3v) is 5.42. The van der Waals surface area contributed by atoms with Crippen molar-refractivity contribution in [3.05, 3.63) is 23.3 Å². The van der Waals surface area contributed by atoms with Gasteiger partial charge in [-0.25, -0.2) is 13.1 Å². The summed E-state index contributed by atoms with van der Waals surface area (Å²) in [4.78, 5) is 0. The maximum absolute atomic E-state index is 11.8. The summed E-state index contributed by atoms with van der Waals surface area (Å²) in [6.07, 6.45) is 2.51. The van der Waals surface area contributed by atoms with E-state index in [1.165, 1.54) is 5.56 Å². The van der Waals surface area contributed by atoms with Crippen molar-refractivity contribution in [3.8, 4) is 11.5 Å². The summed E-state index contributed by atoms with van der Waals surface area (Å²) in [6, 6.07) is 3.97. The Morgan fingerprint density at radius 3 is 2.52 bits per heavy atom. The van der Waals surface area contributed by atoms with Crippen molar-refractivity contribution in [1.29, 1.82) is 0 Å². The van der Waals surface area contributed by atoms with E-state index in [1.54, 1.807) is 14.2 Å². The number of sulfonamides is 1. The summed E-state index contributed by atoms with van der Waals surface area (Å²) in [7, 11) is 0.0738. The van der Waals surface area contributed by atoms with Crippen LogP contribution in [0.1, 0.15) is 36.8 Å².